The first-order chi connectivity index (χ1) is 21.7. The van der Waals surface area contributed by atoms with E-state index in [-0.39, 0.29) is 31.2 Å². The Balaban J connectivity index is 1.32. The molecule has 0 radical (unpaired) electrons. The van der Waals surface area contributed by atoms with Gasteiger partial charge in [-0.25, -0.2) is 0 Å². The van der Waals surface area contributed by atoms with Crippen molar-refractivity contribution >= 4 is 23.9 Å². The van der Waals surface area contributed by atoms with E-state index in [4.69, 9.17) is 14.9 Å². The van der Waals surface area contributed by atoms with Gasteiger partial charge in [0.25, 0.3) is 0 Å². The Hall–Kier alpha value is -2.46. The SMILES string of the molecule is CC(C)CCCCC1CCC2C3CC=C4CC(OC(=O)CN(CCN(CC(=O)O)CC(=O)O)CC(=O)O)CCC4(C)C3CCC12C. The number of unbranched alkanes of at least 4 members (excludes halogenated alkanes) is 1. The van der Waals surface area contributed by atoms with Gasteiger partial charge in [-0.3, -0.25) is 29.0 Å². The molecule has 260 valence electrons. The highest BCUT2D eigenvalue weighted by Crippen LogP contribution is 2.66. The Bertz CT molecular complexity index is 1120. The van der Waals surface area contributed by atoms with E-state index in [9.17, 15) is 24.3 Å². The standard InChI is InChI=1S/C36H58N2O8/c1-24(2)7-5-6-8-25-10-12-29-28-11-9-26-19-27(13-15-36(26,4)30(28)14-16-35(25,29)3)46-34(45)23-38(22-33(43)44)18-17-37(20-31(39)40)21-32(41)42/h9,24-25,27-30H,5-8,10-23H2,1-4H3,(H,39,40)(H,41,42)(H,43,44). The van der Waals surface area contributed by atoms with Gasteiger partial charge >= 0.3 is 23.9 Å². The predicted molar refractivity (Wildman–Crippen MR) is 174 cm³/mol. The molecule has 0 aromatic rings. The van der Waals surface area contributed by atoms with E-state index in [0.29, 0.717) is 11.3 Å². The molecule has 0 aromatic heterocycles. The molecule has 4 aliphatic carbocycles. The summed E-state index contributed by atoms with van der Waals surface area (Å²) >= 11 is 0. The number of nitrogens with zero attached hydrogens (tertiary/aromatic N) is 2. The van der Waals surface area contributed by atoms with Crippen LogP contribution in [-0.4, -0.2) is 94.4 Å². The molecular weight excluding hydrogens is 588 g/mol. The molecule has 4 rings (SSSR count). The molecule has 7 unspecified atom stereocenters. The van der Waals surface area contributed by atoms with Crippen molar-refractivity contribution in [3.8, 4) is 0 Å². The van der Waals surface area contributed by atoms with Crippen LogP contribution in [0, 0.1) is 40.4 Å². The highest BCUT2D eigenvalue weighted by atomic mass is 16.5. The Morgan fingerprint density at radius 1 is 0.848 bits per heavy atom. The molecule has 3 saturated carbocycles. The van der Waals surface area contributed by atoms with E-state index < -0.39 is 43.5 Å². The highest BCUT2D eigenvalue weighted by Gasteiger charge is 2.58. The molecule has 0 aromatic carbocycles. The first kappa shape index (κ1) is 36.4. The number of carboxylic acid groups (broad SMARTS) is 3. The maximum Gasteiger partial charge on any atom is 0.320 e. The molecular formula is C36H58N2O8. The van der Waals surface area contributed by atoms with Gasteiger partial charge in [0.05, 0.1) is 26.2 Å². The summed E-state index contributed by atoms with van der Waals surface area (Å²) in [5.41, 5.74) is 2.02. The van der Waals surface area contributed by atoms with E-state index in [1.54, 1.807) is 0 Å². The van der Waals surface area contributed by atoms with E-state index in [1.807, 2.05) is 0 Å². The summed E-state index contributed by atoms with van der Waals surface area (Å²) in [5.74, 6) is -0.144. The van der Waals surface area contributed by atoms with Crippen molar-refractivity contribution < 1.29 is 39.2 Å². The van der Waals surface area contributed by atoms with Gasteiger partial charge in [-0.2, -0.15) is 0 Å². The number of fused-ring (bicyclic) bond motifs is 5. The van der Waals surface area contributed by atoms with Crippen molar-refractivity contribution in [2.75, 3.05) is 39.3 Å². The fourth-order valence-corrected chi connectivity index (χ4v) is 9.94. The van der Waals surface area contributed by atoms with E-state index in [1.165, 1.54) is 66.7 Å². The molecule has 7 atom stereocenters. The van der Waals surface area contributed by atoms with Crippen molar-refractivity contribution in [1.82, 2.24) is 9.80 Å². The molecule has 4 aliphatic rings. The maximum absolute atomic E-state index is 13.0. The molecule has 0 spiro atoms. The number of hydrogen-bond acceptors (Lipinski definition) is 7. The van der Waals surface area contributed by atoms with Gasteiger partial charge in [-0.15, -0.1) is 0 Å². The summed E-state index contributed by atoms with van der Waals surface area (Å²) in [6, 6.07) is 0. The maximum atomic E-state index is 13.0. The van der Waals surface area contributed by atoms with Crippen LogP contribution in [-0.2, 0) is 23.9 Å². The van der Waals surface area contributed by atoms with Crippen molar-refractivity contribution in [3.63, 3.8) is 0 Å². The fraction of sp³-hybridized carbons (Fsp3) is 0.833. The third-order valence-corrected chi connectivity index (χ3v) is 12.3. The summed E-state index contributed by atoms with van der Waals surface area (Å²) < 4.78 is 5.91. The number of carbonyl (C=O) groups excluding carboxylic acids is 1. The Labute approximate surface area is 274 Å². The molecule has 0 saturated heterocycles. The van der Waals surface area contributed by atoms with Crippen LogP contribution in [0.1, 0.15) is 105 Å². The predicted octanol–water partition coefficient (Wildman–Crippen LogP) is 5.55. The minimum absolute atomic E-state index is 0.00466. The molecule has 0 amide bonds. The Morgan fingerprint density at radius 3 is 2.09 bits per heavy atom. The van der Waals surface area contributed by atoms with Gasteiger partial charge in [-0.05, 0) is 91.8 Å². The van der Waals surface area contributed by atoms with Crippen LogP contribution in [0.5, 0.6) is 0 Å². The molecule has 3 fully saturated rings. The number of allylic oxidation sites excluding steroid dienone is 1. The minimum atomic E-state index is -1.18. The van der Waals surface area contributed by atoms with Gasteiger partial charge in [0, 0.05) is 19.5 Å². The summed E-state index contributed by atoms with van der Waals surface area (Å²) in [5, 5.41) is 27.6. The largest absolute Gasteiger partial charge is 0.480 e. The summed E-state index contributed by atoms with van der Waals surface area (Å²) in [6.45, 7) is 8.05. The zero-order chi connectivity index (χ0) is 33.6. The van der Waals surface area contributed by atoms with Crippen LogP contribution in [0.3, 0.4) is 0 Å². The molecule has 0 aliphatic heterocycles. The van der Waals surface area contributed by atoms with Crippen molar-refractivity contribution in [3.05, 3.63) is 11.6 Å². The first-order valence-corrected chi connectivity index (χ1v) is 17.7. The van der Waals surface area contributed by atoms with E-state index in [0.717, 1.165) is 49.4 Å². The summed E-state index contributed by atoms with van der Waals surface area (Å²) in [6.07, 6.45) is 16.6. The van der Waals surface area contributed by atoms with Crippen molar-refractivity contribution in [1.29, 1.82) is 0 Å². The number of aliphatic carboxylic acids is 3. The number of ether oxygens (including phenoxy) is 1. The van der Waals surface area contributed by atoms with Crippen LogP contribution in [0.2, 0.25) is 0 Å². The van der Waals surface area contributed by atoms with Gasteiger partial charge < -0.3 is 20.1 Å². The molecule has 0 bridgehead atoms. The second-order valence-corrected chi connectivity index (χ2v) is 15.7. The third kappa shape index (κ3) is 8.91. The smallest absolute Gasteiger partial charge is 0.320 e. The van der Waals surface area contributed by atoms with Crippen LogP contribution < -0.4 is 0 Å². The Kier molecular flexibility index (Phi) is 12.4. The Morgan fingerprint density at radius 2 is 1.48 bits per heavy atom. The summed E-state index contributed by atoms with van der Waals surface area (Å²) in [7, 11) is 0. The van der Waals surface area contributed by atoms with Crippen LogP contribution in [0.25, 0.3) is 0 Å². The zero-order valence-corrected chi connectivity index (χ0v) is 28.5. The van der Waals surface area contributed by atoms with Gasteiger partial charge in [-0.1, -0.05) is 58.6 Å². The lowest BCUT2D eigenvalue weighted by molar-refractivity contribution is -0.154. The average Bonchev–Trinajstić information content (AvgIpc) is 3.29. The number of carboxylic acids is 3. The van der Waals surface area contributed by atoms with Crippen molar-refractivity contribution in [2.24, 2.45) is 40.4 Å². The monoisotopic (exact) mass is 646 g/mol. The lowest BCUT2D eigenvalue weighted by atomic mass is 9.47. The van der Waals surface area contributed by atoms with Gasteiger partial charge in [0.2, 0.25) is 0 Å². The first-order valence-electron chi connectivity index (χ1n) is 17.7. The fourth-order valence-electron chi connectivity index (χ4n) is 9.94. The summed E-state index contributed by atoms with van der Waals surface area (Å²) in [4.78, 5) is 49.3. The average molecular weight is 647 g/mol. The minimum Gasteiger partial charge on any atom is -0.480 e. The van der Waals surface area contributed by atoms with Gasteiger partial charge in [0.1, 0.15) is 6.10 Å². The van der Waals surface area contributed by atoms with Gasteiger partial charge in [0.15, 0.2) is 0 Å². The van der Waals surface area contributed by atoms with Crippen LogP contribution in [0.4, 0.5) is 0 Å². The normalized spacial score (nSPS) is 32.1. The molecule has 10 heteroatoms. The number of carbonyl (C=O) groups is 4. The molecule has 10 nitrogen and oxygen atoms in total. The molecule has 46 heavy (non-hydrogen) atoms. The number of hydrogen-bond donors (Lipinski definition) is 3. The highest BCUT2D eigenvalue weighted by molar-refractivity contribution is 5.74. The quantitative estimate of drug-likeness (QED) is 0.104. The van der Waals surface area contributed by atoms with E-state index >= 15 is 0 Å². The van der Waals surface area contributed by atoms with Crippen LogP contribution >= 0.6 is 0 Å². The van der Waals surface area contributed by atoms with Crippen molar-refractivity contribution in [2.45, 2.75) is 111 Å². The number of esters is 1. The number of rotatable bonds is 17. The van der Waals surface area contributed by atoms with E-state index in [2.05, 4.69) is 33.8 Å². The molecule has 0 heterocycles. The topological polar surface area (TPSA) is 145 Å². The lowest BCUT2D eigenvalue weighted by Gasteiger charge is -2.58. The van der Waals surface area contributed by atoms with Crippen LogP contribution in [0.15, 0.2) is 11.6 Å². The second kappa shape index (κ2) is 15.6. The lowest BCUT2D eigenvalue weighted by Crippen LogP contribution is -2.50. The molecule has 3 N–H and O–H groups in total. The zero-order valence-electron chi connectivity index (χ0n) is 28.5. The third-order valence-electron chi connectivity index (χ3n) is 12.3. The second-order valence-electron chi connectivity index (χ2n) is 15.7.